The van der Waals surface area contributed by atoms with E-state index in [1.54, 1.807) is 0 Å². The molecule has 1 fully saturated rings. The van der Waals surface area contributed by atoms with E-state index in [9.17, 15) is 13.2 Å². The standard InChI is InChI=1S/C12H13ClF3N3/c13-11-9(7-17)10(12(14,15)16)18-19(11)8-5-3-1-2-4-6-8/h8H,1-6H2. The van der Waals surface area contributed by atoms with Crippen molar-refractivity contribution >= 4 is 11.6 Å². The van der Waals surface area contributed by atoms with Gasteiger partial charge in [0.2, 0.25) is 0 Å². The molecule has 0 N–H and O–H groups in total. The first-order valence-electron chi connectivity index (χ1n) is 6.20. The first-order chi connectivity index (χ1) is 8.95. The van der Waals surface area contributed by atoms with Gasteiger partial charge in [-0.2, -0.15) is 23.5 Å². The average molecular weight is 292 g/mol. The zero-order valence-electron chi connectivity index (χ0n) is 10.2. The monoisotopic (exact) mass is 291 g/mol. The van der Waals surface area contributed by atoms with Gasteiger partial charge in [0.05, 0.1) is 6.04 Å². The van der Waals surface area contributed by atoms with Crippen molar-refractivity contribution in [1.29, 1.82) is 5.26 Å². The minimum absolute atomic E-state index is 0.141. The highest BCUT2D eigenvalue weighted by molar-refractivity contribution is 6.30. The van der Waals surface area contributed by atoms with E-state index >= 15 is 0 Å². The van der Waals surface area contributed by atoms with Gasteiger partial charge in [0, 0.05) is 0 Å². The zero-order chi connectivity index (χ0) is 14.0. The molecule has 0 amide bonds. The topological polar surface area (TPSA) is 41.6 Å². The molecule has 0 atom stereocenters. The van der Waals surface area contributed by atoms with Crippen molar-refractivity contribution in [3.63, 3.8) is 0 Å². The normalized spacial score (nSPS) is 18.1. The minimum atomic E-state index is -4.65. The number of nitriles is 1. The van der Waals surface area contributed by atoms with E-state index in [0.29, 0.717) is 0 Å². The van der Waals surface area contributed by atoms with E-state index in [-0.39, 0.29) is 11.2 Å². The van der Waals surface area contributed by atoms with Gasteiger partial charge >= 0.3 is 6.18 Å². The molecule has 104 valence electrons. The lowest BCUT2D eigenvalue weighted by atomic mass is 10.1. The van der Waals surface area contributed by atoms with E-state index in [1.807, 2.05) is 0 Å². The van der Waals surface area contributed by atoms with Crippen LogP contribution in [0.1, 0.15) is 55.8 Å². The first-order valence-corrected chi connectivity index (χ1v) is 6.58. The number of halogens is 4. The number of rotatable bonds is 1. The van der Waals surface area contributed by atoms with E-state index in [1.165, 1.54) is 10.8 Å². The van der Waals surface area contributed by atoms with Crippen molar-refractivity contribution in [3.8, 4) is 6.07 Å². The average Bonchev–Trinajstić information content (AvgIpc) is 2.53. The SMILES string of the molecule is N#Cc1c(C(F)(F)F)nn(C2CCCCCC2)c1Cl. The van der Waals surface area contributed by atoms with Crippen molar-refractivity contribution in [2.45, 2.75) is 50.7 Å². The van der Waals surface area contributed by atoms with Crippen LogP contribution in [0.5, 0.6) is 0 Å². The highest BCUT2D eigenvalue weighted by Crippen LogP contribution is 2.37. The van der Waals surface area contributed by atoms with Crippen LogP contribution in [0.2, 0.25) is 5.15 Å². The summed E-state index contributed by atoms with van der Waals surface area (Å²) in [6.07, 6.45) is 0.908. The van der Waals surface area contributed by atoms with Gasteiger partial charge in [-0.05, 0) is 12.8 Å². The molecule has 7 heteroatoms. The number of aromatic nitrogens is 2. The van der Waals surface area contributed by atoms with Crippen LogP contribution in [0.4, 0.5) is 13.2 Å². The van der Waals surface area contributed by atoms with Gasteiger partial charge in [-0.3, -0.25) is 0 Å². The highest BCUT2D eigenvalue weighted by atomic mass is 35.5. The van der Waals surface area contributed by atoms with Crippen LogP contribution in [0.25, 0.3) is 0 Å². The summed E-state index contributed by atoms with van der Waals surface area (Å²) in [4.78, 5) is 0. The van der Waals surface area contributed by atoms with Gasteiger partial charge in [-0.15, -0.1) is 0 Å². The molecule has 0 spiro atoms. The molecule has 0 aliphatic heterocycles. The van der Waals surface area contributed by atoms with E-state index in [4.69, 9.17) is 16.9 Å². The summed E-state index contributed by atoms with van der Waals surface area (Å²) in [5.41, 5.74) is -1.75. The second-order valence-electron chi connectivity index (χ2n) is 4.71. The lowest BCUT2D eigenvalue weighted by Crippen LogP contribution is -2.13. The van der Waals surface area contributed by atoms with Crippen LogP contribution >= 0.6 is 11.6 Å². The maximum atomic E-state index is 12.8. The molecule has 1 aliphatic rings. The molecule has 3 nitrogen and oxygen atoms in total. The molecular formula is C12H13ClF3N3. The molecule has 0 radical (unpaired) electrons. The van der Waals surface area contributed by atoms with Crippen LogP contribution in [-0.2, 0) is 6.18 Å². The molecule has 2 rings (SSSR count). The maximum Gasteiger partial charge on any atom is 0.436 e. The summed E-state index contributed by atoms with van der Waals surface area (Å²) in [5, 5.41) is 12.2. The lowest BCUT2D eigenvalue weighted by Gasteiger charge is -2.15. The molecule has 19 heavy (non-hydrogen) atoms. The maximum absolute atomic E-state index is 12.8. The van der Waals surface area contributed by atoms with Gasteiger partial charge < -0.3 is 0 Å². The molecule has 0 bridgehead atoms. The fourth-order valence-electron chi connectivity index (χ4n) is 2.46. The largest absolute Gasteiger partial charge is 0.436 e. The van der Waals surface area contributed by atoms with Crippen LogP contribution in [0.15, 0.2) is 0 Å². The third kappa shape index (κ3) is 2.86. The van der Waals surface area contributed by atoms with Crippen LogP contribution in [0, 0.1) is 11.3 Å². The second kappa shape index (κ2) is 5.41. The number of hydrogen-bond donors (Lipinski definition) is 0. The van der Waals surface area contributed by atoms with Gasteiger partial charge in [0.15, 0.2) is 5.69 Å². The van der Waals surface area contributed by atoms with E-state index in [0.717, 1.165) is 38.5 Å². The first kappa shape index (κ1) is 14.2. The van der Waals surface area contributed by atoms with Gasteiger partial charge in [0.25, 0.3) is 0 Å². The Morgan fingerprint density at radius 3 is 2.21 bits per heavy atom. The third-order valence-electron chi connectivity index (χ3n) is 3.40. The Morgan fingerprint density at radius 1 is 1.21 bits per heavy atom. The summed E-state index contributed by atoms with van der Waals surface area (Å²) in [7, 11) is 0. The Bertz CT molecular complexity index is 494. The van der Waals surface area contributed by atoms with Crippen LogP contribution in [-0.4, -0.2) is 9.78 Å². The second-order valence-corrected chi connectivity index (χ2v) is 5.07. The molecule has 1 aliphatic carbocycles. The quantitative estimate of drug-likeness (QED) is 0.723. The number of hydrogen-bond acceptors (Lipinski definition) is 2. The fraction of sp³-hybridized carbons (Fsp3) is 0.667. The Kier molecular flexibility index (Phi) is 4.04. The summed E-state index contributed by atoms with van der Waals surface area (Å²) < 4.78 is 39.6. The van der Waals surface area contributed by atoms with Gasteiger partial charge in [0.1, 0.15) is 16.8 Å². The number of nitrogens with zero attached hydrogens (tertiary/aromatic N) is 3. The van der Waals surface area contributed by atoms with Gasteiger partial charge in [-0.1, -0.05) is 37.3 Å². The van der Waals surface area contributed by atoms with Crippen molar-refractivity contribution < 1.29 is 13.2 Å². The Morgan fingerprint density at radius 2 is 1.79 bits per heavy atom. The lowest BCUT2D eigenvalue weighted by molar-refractivity contribution is -0.141. The van der Waals surface area contributed by atoms with Crippen LogP contribution < -0.4 is 0 Å². The van der Waals surface area contributed by atoms with E-state index < -0.39 is 17.4 Å². The predicted octanol–water partition coefficient (Wildman–Crippen LogP) is 4.32. The van der Waals surface area contributed by atoms with Crippen molar-refractivity contribution in [1.82, 2.24) is 9.78 Å². The summed E-state index contributed by atoms with van der Waals surface area (Å²) in [5.74, 6) is 0. The van der Waals surface area contributed by atoms with Crippen molar-refractivity contribution in [2.24, 2.45) is 0 Å². The summed E-state index contributed by atoms with van der Waals surface area (Å²) in [6, 6.07) is 1.37. The Balaban J connectivity index is 2.41. The molecule has 1 saturated carbocycles. The summed E-state index contributed by atoms with van der Waals surface area (Å²) in [6.45, 7) is 0. The molecule has 0 aromatic carbocycles. The molecular weight excluding hydrogens is 279 g/mol. The third-order valence-corrected chi connectivity index (χ3v) is 3.77. The molecule has 0 saturated heterocycles. The molecule has 1 heterocycles. The molecule has 0 unspecified atom stereocenters. The van der Waals surface area contributed by atoms with Gasteiger partial charge in [-0.25, -0.2) is 4.68 Å². The smallest absolute Gasteiger partial charge is 0.249 e. The summed E-state index contributed by atoms with van der Waals surface area (Å²) >= 11 is 5.90. The van der Waals surface area contributed by atoms with Crippen molar-refractivity contribution in [2.75, 3.05) is 0 Å². The predicted molar refractivity (Wildman–Crippen MR) is 63.7 cm³/mol. The minimum Gasteiger partial charge on any atom is -0.249 e. The zero-order valence-corrected chi connectivity index (χ0v) is 10.9. The number of alkyl halides is 3. The van der Waals surface area contributed by atoms with E-state index in [2.05, 4.69) is 5.10 Å². The molecule has 1 aromatic heterocycles. The Labute approximate surface area is 114 Å². The van der Waals surface area contributed by atoms with Crippen molar-refractivity contribution in [3.05, 3.63) is 16.4 Å². The van der Waals surface area contributed by atoms with Crippen LogP contribution in [0.3, 0.4) is 0 Å². The Hall–Kier alpha value is -1.22. The fourth-order valence-corrected chi connectivity index (χ4v) is 2.76. The molecule has 1 aromatic rings. The highest BCUT2D eigenvalue weighted by Gasteiger charge is 2.40.